The van der Waals surface area contributed by atoms with Crippen molar-refractivity contribution in [2.24, 2.45) is 4.99 Å². The van der Waals surface area contributed by atoms with E-state index in [1.807, 2.05) is 0 Å². The van der Waals surface area contributed by atoms with Gasteiger partial charge in [0.05, 0.1) is 17.7 Å². The molecule has 0 spiro atoms. The van der Waals surface area contributed by atoms with Crippen LogP contribution in [0.5, 0.6) is 11.5 Å². The van der Waals surface area contributed by atoms with E-state index in [4.69, 9.17) is 4.74 Å². The van der Waals surface area contributed by atoms with Crippen LogP contribution in [0.4, 0.5) is 10.1 Å². The fourth-order valence-electron chi connectivity index (χ4n) is 2.33. The molecule has 1 heterocycles. The van der Waals surface area contributed by atoms with Crippen LogP contribution in [-0.2, 0) is 9.53 Å². The summed E-state index contributed by atoms with van der Waals surface area (Å²) in [5, 5.41) is 30.2. The molecule has 1 aliphatic heterocycles. The summed E-state index contributed by atoms with van der Waals surface area (Å²) in [4.78, 5) is 16.6. The first-order valence-corrected chi connectivity index (χ1v) is 8.49. The number of hydrogen-bond acceptors (Lipinski definition) is 7. The highest BCUT2D eigenvalue weighted by Crippen LogP contribution is 2.41. The second-order valence-corrected chi connectivity index (χ2v) is 6.46. The summed E-state index contributed by atoms with van der Waals surface area (Å²) < 4.78 is 17.8. The van der Waals surface area contributed by atoms with Crippen LogP contribution in [0, 0.1) is 5.82 Å². The first kappa shape index (κ1) is 18.5. The van der Waals surface area contributed by atoms with Crippen LogP contribution >= 0.6 is 11.8 Å². The predicted octanol–water partition coefficient (Wildman–Crippen LogP) is 4.04. The molecule has 0 unspecified atom stereocenters. The summed E-state index contributed by atoms with van der Waals surface area (Å²) in [7, 11) is 1.17. The maximum atomic E-state index is 13.1. The van der Waals surface area contributed by atoms with Gasteiger partial charge in [-0.15, -0.1) is 0 Å². The first-order chi connectivity index (χ1) is 12.9. The number of hydrogen-bond donors (Lipinski definition) is 3. The van der Waals surface area contributed by atoms with Crippen molar-refractivity contribution in [1.29, 1.82) is 0 Å². The Morgan fingerprint density at radius 3 is 2.52 bits per heavy atom. The Bertz CT molecular complexity index is 996. The molecular weight excluding hydrogens is 373 g/mol. The molecule has 0 fully saturated rings. The highest BCUT2D eigenvalue weighted by molar-refractivity contribution is 8.18. The largest absolute Gasteiger partial charge is 0.506 e. The Hall–Kier alpha value is -3.26. The van der Waals surface area contributed by atoms with Crippen LogP contribution in [0.1, 0.15) is 5.56 Å². The minimum Gasteiger partial charge on any atom is -0.506 e. The number of halogens is 1. The molecule has 0 saturated heterocycles. The number of esters is 1. The van der Waals surface area contributed by atoms with E-state index in [0.29, 0.717) is 5.69 Å². The first-order valence-electron chi connectivity index (χ1n) is 7.67. The van der Waals surface area contributed by atoms with Gasteiger partial charge in [0.2, 0.25) is 0 Å². The zero-order valence-electron chi connectivity index (χ0n) is 14.0. The summed E-state index contributed by atoms with van der Waals surface area (Å²) in [5.74, 6) is -2.25. The third-order valence-corrected chi connectivity index (χ3v) is 4.69. The predicted molar refractivity (Wildman–Crippen MR) is 101 cm³/mol. The van der Waals surface area contributed by atoms with Gasteiger partial charge in [-0.1, -0.05) is 23.9 Å². The minimum atomic E-state index is -0.788. The van der Waals surface area contributed by atoms with Crippen molar-refractivity contribution < 1.29 is 29.2 Å². The number of phenols is 2. The lowest BCUT2D eigenvalue weighted by atomic mass is 10.1. The Labute approximate surface area is 157 Å². The molecule has 3 rings (SSSR count). The number of benzene rings is 2. The Morgan fingerprint density at radius 1 is 1.15 bits per heavy atom. The monoisotopic (exact) mass is 387 g/mol. The number of methoxy groups -OCH3 is 1. The third-order valence-electron chi connectivity index (χ3n) is 3.67. The lowest BCUT2D eigenvalue weighted by Crippen LogP contribution is -2.10. The Morgan fingerprint density at radius 2 is 1.85 bits per heavy atom. The van der Waals surface area contributed by atoms with Crippen molar-refractivity contribution in [1.82, 2.24) is 0 Å². The molecule has 8 heteroatoms. The van der Waals surface area contributed by atoms with Crippen molar-refractivity contribution in [2.45, 2.75) is 0 Å². The lowest BCUT2D eigenvalue weighted by Gasteiger charge is -2.03. The molecule has 2 aromatic rings. The number of aliphatic hydroxyl groups is 1. The van der Waals surface area contributed by atoms with Crippen molar-refractivity contribution in [2.75, 3.05) is 7.11 Å². The average molecular weight is 387 g/mol. The summed E-state index contributed by atoms with van der Waals surface area (Å²) in [6, 6.07) is 9.68. The number of ether oxygens (including phenoxy) is 1. The Balaban J connectivity index is 2.07. The summed E-state index contributed by atoms with van der Waals surface area (Å²) in [5.41, 5.74) is 0.489. The second kappa shape index (κ2) is 7.55. The number of aliphatic imine (C=N–C) groups is 1. The van der Waals surface area contributed by atoms with Gasteiger partial charge in [0.25, 0.3) is 0 Å². The van der Waals surface area contributed by atoms with Gasteiger partial charge in [0.1, 0.15) is 22.2 Å². The number of thioether (sulfide) groups is 1. The van der Waals surface area contributed by atoms with Crippen molar-refractivity contribution >= 4 is 34.5 Å². The Kier molecular flexibility index (Phi) is 5.18. The van der Waals surface area contributed by atoms with Gasteiger partial charge in [-0.25, -0.2) is 14.2 Å². The minimum absolute atomic E-state index is 0.141. The van der Waals surface area contributed by atoms with Crippen LogP contribution < -0.4 is 0 Å². The summed E-state index contributed by atoms with van der Waals surface area (Å²) >= 11 is 0.979. The third kappa shape index (κ3) is 3.80. The van der Waals surface area contributed by atoms with Gasteiger partial charge >= 0.3 is 5.97 Å². The van der Waals surface area contributed by atoms with E-state index in [1.54, 1.807) is 0 Å². The topological polar surface area (TPSA) is 99.4 Å². The van der Waals surface area contributed by atoms with E-state index in [2.05, 4.69) is 4.99 Å². The summed E-state index contributed by atoms with van der Waals surface area (Å²) in [6.07, 6.45) is 1.41. The number of para-hydroxylation sites is 1. The van der Waals surface area contributed by atoms with Crippen molar-refractivity contribution in [3.05, 3.63) is 70.1 Å². The van der Waals surface area contributed by atoms with Gasteiger partial charge in [0.15, 0.2) is 11.5 Å². The molecule has 0 aliphatic carbocycles. The van der Waals surface area contributed by atoms with E-state index in [9.17, 15) is 24.5 Å². The number of carbonyl (C=O) groups excluding carboxylic acids is 1. The molecule has 27 heavy (non-hydrogen) atoms. The van der Waals surface area contributed by atoms with Crippen LogP contribution in [0.2, 0.25) is 0 Å². The van der Waals surface area contributed by atoms with E-state index < -0.39 is 11.8 Å². The fourth-order valence-corrected chi connectivity index (χ4v) is 3.36. The van der Waals surface area contributed by atoms with E-state index in [1.165, 1.54) is 55.7 Å². The van der Waals surface area contributed by atoms with Crippen LogP contribution in [-0.4, -0.2) is 33.4 Å². The second-order valence-electron chi connectivity index (χ2n) is 5.43. The molecule has 0 atom stereocenters. The van der Waals surface area contributed by atoms with E-state index in [0.717, 1.165) is 11.8 Å². The van der Waals surface area contributed by atoms with Crippen LogP contribution in [0.25, 0.3) is 6.08 Å². The molecular formula is C19H14FNO5S. The van der Waals surface area contributed by atoms with Crippen LogP contribution in [0.15, 0.2) is 63.7 Å². The zero-order chi connectivity index (χ0) is 19.6. The molecule has 3 N–H and O–H groups in total. The molecule has 6 nitrogen and oxygen atoms in total. The van der Waals surface area contributed by atoms with E-state index >= 15 is 0 Å². The maximum absolute atomic E-state index is 13.1. The number of nitrogens with zero attached hydrogens (tertiary/aromatic N) is 1. The van der Waals surface area contributed by atoms with Gasteiger partial charge < -0.3 is 20.1 Å². The normalized spacial score (nSPS) is 17.0. The van der Waals surface area contributed by atoms with Gasteiger partial charge in [0, 0.05) is 5.56 Å². The number of carbonyl (C=O) groups is 1. The highest BCUT2D eigenvalue weighted by Gasteiger charge is 2.33. The summed E-state index contributed by atoms with van der Waals surface area (Å²) in [6.45, 7) is 0. The molecule has 0 bridgehead atoms. The lowest BCUT2D eigenvalue weighted by molar-refractivity contribution is -0.135. The number of phenolic OH excluding ortho intramolecular Hbond substituents is 2. The molecule has 1 aliphatic rings. The van der Waals surface area contributed by atoms with Gasteiger partial charge in [-0.2, -0.15) is 0 Å². The quantitative estimate of drug-likeness (QED) is 0.543. The smallest absolute Gasteiger partial charge is 0.344 e. The van der Waals surface area contributed by atoms with E-state index in [-0.39, 0.29) is 38.3 Å². The highest BCUT2D eigenvalue weighted by atomic mass is 32.2. The maximum Gasteiger partial charge on any atom is 0.344 e. The average Bonchev–Trinajstić information content (AvgIpc) is 2.95. The molecule has 138 valence electrons. The van der Waals surface area contributed by atoms with Gasteiger partial charge in [-0.3, -0.25) is 0 Å². The zero-order valence-corrected chi connectivity index (χ0v) is 14.8. The standard InChI is InChI=1S/C19H14FNO5S/c1-26-19(25)15-17(24)14(9-10-3-2-4-13(22)16(10)23)27-18(15)21-12-7-5-11(20)6-8-12/h2-9,22-24H,1H3/b14-9+,21-18?. The molecule has 2 aromatic carbocycles. The number of rotatable bonds is 3. The fraction of sp³-hybridized carbons (Fsp3) is 0.0526. The molecule has 0 aromatic heterocycles. The van der Waals surface area contributed by atoms with Crippen molar-refractivity contribution in [3.63, 3.8) is 0 Å². The number of aromatic hydroxyl groups is 2. The van der Waals surface area contributed by atoms with Crippen LogP contribution in [0.3, 0.4) is 0 Å². The molecule has 0 saturated carbocycles. The molecule has 0 radical (unpaired) electrons. The molecule has 0 amide bonds. The number of aliphatic hydroxyl groups excluding tert-OH is 1. The van der Waals surface area contributed by atoms with Crippen molar-refractivity contribution in [3.8, 4) is 11.5 Å². The SMILES string of the molecule is COC(=O)C1=C(O)/C(=C\c2cccc(O)c2O)SC1=Nc1ccc(F)cc1. The van der Waals surface area contributed by atoms with Gasteiger partial charge in [-0.05, 0) is 36.4 Å².